The fourth-order valence-electron chi connectivity index (χ4n) is 3.61. The molecule has 120 valence electrons. The van der Waals surface area contributed by atoms with Gasteiger partial charge in [0, 0.05) is 32.0 Å². The van der Waals surface area contributed by atoms with Crippen LogP contribution in [0.4, 0.5) is 11.8 Å². The number of hydrogen-bond donors (Lipinski definition) is 1. The molecule has 0 radical (unpaired) electrons. The van der Waals surface area contributed by atoms with Crippen LogP contribution in [0, 0.1) is 0 Å². The van der Waals surface area contributed by atoms with Crippen molar-refractivity contribution in [2.75, 3.05) is 36.5 Å². The highest BCUT2D eigenvalue weighted by atomic mass is 16.7. The van der Waals surface area contributed by atoms with Gasteiger partial charge in [-0.1, -0.05) is 12.8 Å². The van der Waals surface area contributed by atoms with E-state index in [4.69, 9.17) is 9.47 Å². The van der Waals surface area contributed by atoms with Crippen LogP contribution in [0.2, 0.25) is 0 Å². The second-order valence-corrected chi connectivity index (χ2v) is 6.36. The first kappa shape index (κ1) is 14.1. The molecule has 1 N–H and O–H groups in total. The molecule has 3 heterocycles. The molecule has 1 spiro atoms. The fourth-order valence-corrected chi connectivity index (χ4v) is 3.61. The van der Waals surface area contributed by atoms with E-state index >= 15 is 0 Å². The summed E-state index contributed by atoms with van der Waals surface area (Å²) in [6.07, 6.45) is 8.48. The monoisotopic (exact) mass is 305 g/mol. The zero-order valence-electron chi connectivity index (χ0n) is 12.8. The molecule has 0 unspecified atom stereocenters. The largest absolute Gasteiger partial charge is 0.366 e. The fraction of sp³-hybridized carbons (Fsp3) is 0.800. The molecule has 2 saturated heterocycles. The minimum atomic E-state index is -0.358. The first-order chi connectivity index (χ1) is 10.8. The summed E-state index contributed by atoms with van der Waals surface area (Å²) in [6.45, 7) is 3.10. The summed E-state index contributed by atoms with van der Waals surface area (Å²) < 4.78 is 11.5. The third-order valence-electron chi connectivity index (χ3n) is 4.88. The van der Waals surface area contributed by atoms with Crippen LogP contribution >= 0.6 is 0 Å². The Hall–Kier alpha value is -1.47. The third kappa shape index (κ3) is 2.87. The van der Waals surface area contributed by atoms with Crippen LogP contribution in [0.15, 0.2) is 6.20 Å². The number of anilines is 2. The second-order valence-electron chi connectivity index (χ2n) is 6.36. The summed E-state index contributed by atoms with van der Waals surface area (Å²) in [5.41, 5.74) is 0. The Balaban J connectivity index is 1.40. The van der Waals surface area contributed by atoms with Gasteiger partial charge in [0.2, 0.25) is 5.95 Å². The van der Waals surface area contributed by atoms with Crippen molar-refractivity contribution >= 4 is 11.8 Å². The second kappa shape index (κ2) is 5.96. The van der Waals surface area contributed by atoms with Crippen LogP contribution in [0.3, 0.4) is 0 Å². The molecule has 0 amide bonds. The average Bonchev–Trinajstić information content (AvgIpc) is 3.21. The van der Waals surface area contributed by atoms with E-state index in [1.165, 1.54) is 25.7 Å². The van der Waals surface area contributed by atoms with Crippen molar-refractivity contribution < 1.29 is 9.47 Å². The molecule has 2 aliphatic heterocycles. The molecule has 3 fully saturated rings. The Morgan fingerprint density at radius 2 is 1.86 bits per heavy atom. The van der Waals surface area contributed by atoms with E-state index in [2.05, 4.69) is 25.4 Å². The summed E-state index contributed by atoms with van der Waals surface area (Å²) >= 11 is 0. The summed E-state index contributed by atoms with van der Waals surface area (Å²) in [4.78, 5) is 6.80. The molecule has 0 bridgehead atoms. The van der Waals surface area contributed by atoms with Gasteiger partial charge < -0.3 is 19.7 Å². The zero-order valence-corrected chi connectivity index (χ0v) is 12.8. The number of piperidine rings is 1. The summed E-state index contributed by atoms with van der Waals surface area (Å²) in [5, 5.41) is 11.8. The molecule has 4 rings (SSSR count). The van der Waals surface area contributed by atoms with Crippen LogP contribution in [-0.4, -0.2) is 53.3 Å². The van der Waals surface area contributed by atoms with Crippen LogP contribution in [0.25, 0.3) is 0 Å². The predicted molar refractivity (Wildman–Crippen MR) is 81.8 cm³/mol. The maximum absolute atomic E-state index is 5.76. The van der Waals surface area contributed by atoms with Gasteiger partial charge in [0.25, 0.3) is 0 Å². The maximum atomic E-state index is 5.76. The molecule has 7 nitrogen and oxygen atoms in total. The van der Waals surface area contributed by atoms with E-state index < -0.39 is 0 Å². The van der Waals surface area contributed by atoms with Gasteiger partial charge in [-0.3, -0.25) is 0 Å². The highest BCUT2D eigenvalue weighted by molar-refractivity contribution is 5.40. The zero-order chi connectivity index (χ0) is 14.8. The van der Waals surface area contributed by atoms with Gasteiger partial charge in [-0.2, -0.15) is 10.1 Å². The lowest BCUT2D eigenvalue weighted by Crippen LogP contribution is -2.45. The molecule has 1 aliphatic carbocycles. The maximum Gasteiger partial charge on any atom is 0.247 e. The van der Waals surface area contributed by atoms with Gasteiger partial charge >= 0.3 is 0 Å². The predicted octanol–water partition coefficient (Wildman–Crippen LogP) is 1.57. The summed E-state index contributed by atoms with van der Waals surface area (Å²) in [7, 11) is 0. The smallest absolute Gasteiger partial charge is 0.247 e. The molecule has 1 aromatic rings. The van der Waals surface area contributed by atoms with Crippen LogP contribution < -0.4 is 10.2 Å². The van der Waals surface area contributed by atoms with Gasteiger partial charge in [-0.15, -0.1) is 5.10 Å². The van der Waals surface area contributed by atoms with Crippen LogP contribution in [0.5, 0.6) is 0 Å². The van der Waals surface area contributed by atoms with Crippen molar-refractivity contribution in [3.05, 3.63) is 6.20 Å². The molecule has 1 saturated carbocycles. The normalized spacial score (nSPS) is 25.0. The molecule has 0 aromatic carbocycles. The van der Waals surface area contributed by atoms with Crippen molar-refractivity contribution in [1.82, 2.24) is 15.2 Å². The van der Waals surface area contributed by atoms with Crippen molar-refractivity contribution in [3.63, 3.8) is 0 Å². The Kier molecular flexibility index (Phi) is 3.83. The van der Waals surface area contributed by atoms with Crippen LogP contribution in [-0.2, 0) is 9.47 Å². The quantitative estimate of drug-likeness (QED) is 0.908. The minimum Gasteiger partial charge on any atom is -0.366 e. The standard InChI is InChI=1S/C15H23N5O2/c1-2-4-12(3-1)17-13-11-16-19-14(18-13)20-7-5-15(6-8-20)21-9-10-22-15/h11-12H,1-10H2,(H,17,18,19). The van der Waals surface area contributed by atoms with Gasteiger partial charge in [0.15, 0.2) is 11.6 Å². The number of ether oxygens (including phenoxy) is 2. The van der Waals surface area contributed by atoms with Crippen molar-refractivity contribution in [2.24, 2.45) is 0 Å². The molecule has 1 aromatic heterocycles. The molecule has 7 heteroatoms. The number of nitrogens with zero attached hydrogens (tertiary/aromatic N) is 4. The highest BCUT2D eigenvalue weighted by Crippen LogP contribution is 2.32. The number of hydrogen-bond acceptors (Lipinski definition) is 7. The first-order valence-electron chi connectivity index (χ1n) is 8.32. The minimum absolute atomic E-state index is 0.358. The van der Waals surface area contributed by atoms with E-state index in [9.17, 15) is 0 Å². The Bertz CT molecular complexity index is 504. The molecule has 22 heavy (non-hydrogen) atoms. The van der Waals surface area contributed by atoms with E-state index in [0.29, 0.717) is 25.2 Å². The molecular formula is C15H23N5O2. The van der Waals surface area contributed by atoms with Crippen molar-refractivity contribution in [3.8, 4) is 0 Å². The van der Waals surface area contributed by atoms with E-state index in [-0.39, 0.29) is 5.79 Å². The number of aromatic nitrogens is 3. The van der Waals surface area contributed by atoms with Crippen molar-refractivity contribution in [2.45, 2.75) is 50.4 Å². The van der Waals surface area contributed by atoms with E-state index in [1.807, 2.05) is 0 Å². The third-order valence-corrected chi connectivity index (χ3v) is 4.88. The summed E-state index contributed by atoms with van der Waals surface area (Å²) in [6, 6.07) is 0.537. The lowest BCUT2D eigenvalue weighted by molar-refractivity contribution is -0.169. The lowest BCUT2D eigenvalue weighted by atomic mass is 10.0. The molecule has 3 aliphatic rings. The number of rotatable bonds is 3. The molecular weight excluding hydrogens is 282 g/mol. The van der Waals surface area contributed by atoms with Crippen molar-refractivity contribution in [1.29, 1.82) is 0 Å². The lowest BCUT2D eigenvalue weighted by Gasteiger charge is -2.37. The highest BCUT2D eigenvalue weighted by Gasteiger charge is 2.40. The van der Waals surface area contributed by atoms with Gasteiger partial charge in [0.05, 0.1) is 19.4 Å². The van der Waals surface area contributed by atoms with Gasteiger partial charge in [-0.05, 0) is 12.8 Å². The first-order valence-corrected chi connectivity index (χ1v) is 8.32. The average molecular weight is 305 g/mol. The van der Waals surface area contributed by atoms with E-state index in [0.717, 1.165) is 31.7 Å². The van der Waals surface area contributed by atoms with Gasteiger partial charge in [0.1, 0.15) is 0 Å². The Morgan fingerprint density at radius 3 is 2.59 bits per heavy atom. The topological polar surface area (TPSA) is 72.4 Å². The van der Waals surface area contributed by atoms with E-state index in [1.54, 1.807) is 6.20 Å². The van der Waals surface area contributed by atoms with Crippen LogP contribution in [0.1, 0.15) is 38.5 Å². The number of nitrogens with one attached hydrogen (secondary N) is 1. The Morgan fingerprint density at radius 1 is 1.14 bits per heavy atom. The molecule has 0 atom stereocenters. The van der Waals surface area contributed by atoms with Gasteiger partial charge in [-0.25, -0.2) is 0 Å². The Labute approximate surface area is 130 Å². The summed E-state index contributed by atoms with van der Waals surface area (Å²) in [5.74, 6) is 1.19. The SMILES string of the molecule is c1nnc(N2CCC3(CC2)OCCO3)nc1NC1CCCC1.